The van der Waals surface area contributed by atoms with Crippen LogP contribution in [0, 0.1) is 0 Å². The van der Waals surface area contributed by atoms with Crippen molar-refractivity contribution in [1.29, 1.82) is 0 Å². The third-order valence-electron chi connectivity index (χ3n) is 3.25. The molecule has 2 aromatic carbocycles. The molecule has 5 nitrogen and oxygen atoms in total. The van der Waals surface area contributed by atoms with Crippen LogP contribution in [0.15, 0.2) is 59.5 Å². The highest BCUT2D eigenvalue weighted by atomic mass is 35.5. The van der Waals surface area contributed by atoms with E-state index in [1.807, 2.05) is 30.3 Å². The van der Waals surface area contributed by atoms with Crippen molar-refractivity contribution in [2.24, 2.45) is 0 Å². The maximum Gasteiger partial charge on any atom is 0.240 e. The Morgan fingerprint density at radius 1 is 1.13 bits per heavy atom. The number of nitrogens with zero attached hydrogens (tertiary/aromatic N) is 1. The molecule has 2 aromatic rings. The van der Waals surface area contributed by atoms with E-state index in [9.17, 15) is 13.2 Å². The lowest BCUT2D eigenvalue weighted by molar-refractivity contribution is -0.118. The molecule has 0 aromatic heterocycles. The molecule has 2 rings (SSSR count). The minimum Gasteiger partial charge on any atom is -0.315 e. The minimum absolute atomic E-state index is 0.0187. The Kier molecular flexibility index (Phi) is 5.76. The highest BCUT2D eigenvalue weighted by molar-refractivity contribution is 7.89. The highest BCUT2D eigenvalue weighted by Crippen LogP contribution is 2.15. The lowest BCUT2D eigenvalue weighted by Crippen LogP contribution is -2.32. The third kappa shape index (κ3) is 4.79. The molecule has 122 valence electrons. The van der Waals surface area contributed by atoms with Crippen molar-refractivity contribution in [1.82, 2.24) is 4.72 Å². The molecule has 0 radical (unpaired) electrons. The monoisotopic (exact) mass is 352 g/mol. The predicted octanol–water partition coefficient (Wildman–Crippen LogP) is 2.67. The van der Waals surface area contributed by atoms with Crippen LogP contribution in [0.25, 0.3) is 0 Å². The van der Waals surface area contributed by atoms with Crippen molar-refractivity contribution in [3.63, 3.8) is 0 Å². The molecule has 0 aliphatic rings. The molecule has 0 aliphatic heterocycles. The first-order valence-corrected chi connectivity index (χ1v) is 8.83. The zero-order valence-corrected chi connectivity index (χ0v) is 14.1. The van der Waals surface area contributed by atoms with Gasteiger partial charge in [0.1, 0.15) is 0 Å². The molecule has 0 fully saturated rings. The molecule has 0 aliphatic carbocycles. The largest absolute Gasteiger partial charge is 0.315 e. The van der Waals surface area contributed by atoms with Gasteiger partial charge in [-0.1, -0.05) is 35.9 Å². The molecule has 0 spiro atoms. The Labute approximate surface area is 140 Å². The highest BCUT2D eigenvalue weighted by Gasteiger charge is 2.16. The van der Waals surface area contributed by atoms with Gasteiger partial charge in [0.15, 0.2) is 0 Å². The molecule has 1 N–H and O–H groups in total. The average molecular weight is 353 g/mol. The summed E-state index contributed by atoms with van der Waals surface area (Å²) >= 11 is 5.79. The molecule has 23 heavy (non-hydrogen) atoms. The number of hydrogen-bond donors (Lipinski definition) is 1. The summed E-state index contributed by atoms with van der Waals surface area (Å²) in [7, 11) is -2.02. The molecule has 0 heterocycles. The zero-order chi connectivity index (χ0) is 16.9. The first-order chi connectivity index (χ1) is 10.9. The van der Waals surface area contributed by atoms with Crippen molar-refractivity contribution >= 4 is 33.2 Å². The summed E-state index contributed by atoms with van der Waals surface area (Å²) in [4.78, 5) is 13.7. The second-order valence-corrected chi connectivity index (χ2v) is 7.10. The maximum absolute atomic E-state index is 12.1. The van der Waals surface area contributed by atoms with Gasteiger partial charge in [0.05, 0.1) is 4.90 Å². The van der Waals surface area contributed by atoms with Crippen LogP contribution in [0.2, 0.25) is 5.02 Å². The Morgan fingerprint density at radius 2 is 1.83 bits per heavy atom. The normalized spacial score (nSPS) is 11.2. The van der Waals surface area contributed by atoms with Crippen LogP contribution in [0.4, 0.5) is 5.69 Å². The summed E-state index contributed by atoms with van der Waals surface area (Å²) in [6, 6.07) is 15.1. The van der Waals surface area contributed by atoms with Crippen molar-refractivity contribution in [2.45, 2.75) is 11.3 Å². The molecular formula is C16H17ClN2O3S. The van der Waals surface area contributed by atoms with Gasteiger partial charge in [-0.3, -0.25) is 4.79 Å². The third-order valence-corrected chi connectivity index (χ3v) is 4.95. The molecule has 0 atom stereocenters. The number of rotatable bonds is 6. The molecule has 1 amide bonds. The molecule has 0 saturated heterocycles. The summed E-state index contributed by atoms with van der Waals surface area (Å²) < 4.78 is 26.6. The fourth-order valence-electron chi connectivity index (χ4n) is 1.97. The van der Waals surface area contributed by atoms with Gasteiger partial charge in [0.2, 0.25) is 15.9 Å². The fraction of sp³-hybridized carbons (Fsp3) is 0.188. The summed E-state index contributed by atoms with van der Waals surface area (Å²) in [5.41, 5.74) is 0.759. The molecule has 7 heteroatoms. The summed E-state index contributed by atoms with van der Waals surface area (Å²) in [5, 5.41) is 0.341. The van der Waals surface area contributed by atoms with Crippen LogP contribution < -0.4 is 9.62 Å². The van der Waals surface area contributed by atoms with E-state index in [4.69, 9.17) is 11.6 Å². The van der Waals surface area contributed by atoms with Crippen LogP contribution in [-0.2, 0) is 14.8 Å². The number of para-hydroxylation sites is 1. The lowest BCUT2D eigenvalue weighted by Gasteiger charge is -2.17. The standard InChI is InChI=1S/C16H17ClN2O3S/c1-19(14-7-3-2-4-8-14)16(20)10-11-18-23(21,22)15-9-5-6-13(17)12-15/h2-9,12,18H,10-11H2,1H3. The van der Waals surface area contributed by atoms with Crippen LogP contribution in [0.1, 0.15) is 6.42 Å². The Hall–Kier alpha value is -1.89. The first kappa shape index (κ1) is 17.5. The van der Waals surface area contributed by atoms with Gasteiger partial charge in [0, 0.05) is 30.7 Å². The second kappa shape index (κ2) is 7.59. The molecule has 0 unspecified atom stereocenters. The van der Waals surface area contributed by atoms with Gasteiger partial charge in [-0.25, -0.2) is 13.1 Å². The van der Waals surface area contributed by atoms with Gasteiger partial charge in [-0.15, -0.1) is 0 Å². The van der Waals surface area contributed by atoms with Crippen LogP contribution in [0.3, 0.4) is 0 Å². The predicted molar refractivity (Wildman–Crippen MR) is 91.1 cm³/mol. The van der Waals surface area contributed by atoms with Crippen molar-refractivity contribution in [2.75, 3.05) is 18.5 Å². The van der Waals surface area contributed by atoms with E-state index in [2.05, 4.69) is 4.72 Å². The van der Waals surface area contributed by atoms with Crippen molar-refractivity contribution in [3.05, 3.63) is 59.6 Å². The smallest absolute Gasteiger partial charge is 0.240 e. The fourth-order valence-corrected chi connectivity index (χ4v) is 3.31. The van der Waals surface area contributed by atoms with Gasteiger partial charge < -0.3 is 4.90 Å². The van der Waals surface area contributed by atoms with E-state index >= 15 is 0 Å². The number of benzene rings is 2. The van der Waals surface area contributed by atoms with Gasteiger partial charge in [-0.05, 0) is 30.3 Å². The van der Waals surface area contributed by atoms with Gasteiger partial charge >= 0.3 is 0 Å². The quantitative estimate of drug-likeness (QED) is 0.869. The van der Waals surface area contributed by atoms with E-state index in [1.165, 1.54) is 17.0 Å². The van der Waals surface area contributed by atoms with Gasteiger partial charge in [-0.2, -0.15) is 0 Å². The number of carbonyl (C=O) groups excluding carboxylic acids is 1. The van der Waals surface area contributed by atoms with E-state index in [0.717, 1.165) is 5.69 Å². The summed E-state index contributed by atoms with van der Waals surface area (Å²) in [6.45, 7) is 0.0187. The zero-order valence-electron chi connectivity index (χ0n) is 12.6. The van der Waals surface area contributed by atoms with Crippen LogP contribution >= 0.6 is 11.6 Å². The lowest BCUT2D eigenvalue weighted by atomic mass is 10.3. The topological polar surface area (TPSA) is 66.5 Å². The van der Waals surface area contributed by atoms with Crippen molar-refractivity contribution in [3.8, 4) is 0 Å². The molecule has 0 bridgehead atoms. The van der Waals surface area contributed by atoms with Gasteiger partial charge in [0.25, 0.3) is 0 Å². The maximum atomic E-state index is 12.1. The van der Waals surface area contributed by atoms with E-state index in [-0.39, 0.29) is 23.8 Å². The number of anilines is 1. The summed E-state index contributed by atoms with van der Waals surface area (Å²) in [6.07, 6.45) is 0.0607. The van der Waals surface area contributed by atoms with Crippen LogP contribution in [-0.4, -0.2) is 27.9 Å². The van der Waals surface area contributed by atoms with E-state index in [0.29, 0.717) is 5.02 Å². The number of amides is 1. The summed E-state index contributed by atoms with van der Waals surface area (Å²) in [5.74, 6) is -0.176. The SMILES string of the molecule is CN(C(=O)CCNS(=O)(=O)c1cccc(Cl)c1)c1ccccc1. The number of halogens is 1. The number of carbonyl (C=O) groups is 1. The molecular weight excluding hydrogens is 336 g/mol. The Balaban J connectivity index is 1.93. The average Bonchev–Trinajstić information content (AvgIpc) is 2.54. The minimum atomic E-state index is -3.67. The second-order valence-electron chi connectivity index (χ2n) is 4.89. The number of sulfonamides is 1. The van der Waals surface area contributed by atoms with E-state index in [1.54, 1.807) is 19.2 Å². The van der Waals surface area contributed by atoms with Crippen molar-refractivity contribution < 1.29 is 13.2 Å². The molecule has 0 saturated carbocycles. The Morgan fingerprint density at radius 3 is 2.48 bits per heavy atom. The Bertz CT molecular complexity index is 779. The van der Waals surface area contributed by atoms with E-state index < -0.39 is 10.0 Å². The van der Waals surface area contributed by atoms with Crippen LogP contribution in [0.5, 0.6) is 0 Å². The number of hydrogen-bond acceptors (Lipinski definition) is 3. The first-order valence-electron chi connectivity index (χ1n) is 6.97. The number of nitrogens with one attached hydrogen (secondary N) is 1.